The fourth-order valence-electron chi connectivity index (χ4n) is 4.94. The predicted molar refractivity (Wildman–Crippen MR) is 144 cm³/mol. The van der Waals surface area contributed by atoms with Gasteiger partial charge in [0, 0.05) is 31.3 Å². The first-order chi connectivity index (χ1) is 19.5. The van der Waals surface area contributed by atoms with Crippen LogP contribution >= 0.6 is 0 Å². The van der Waals surface area contributed by atoms with Crippen LogP contribution in [0, 0.1) is 17.1 Å². The Morgan fingerprint density at radius 1 is 1.20 bits per heavy atom. The molecular formula is C30H26FN5O4. The monoisotopic (exact) mass is 539 g/mol. The van der Waals surface area contributed by atoms with Crippen LogP contribution < -0.4 is 4.74 Å². The number of hydrogen-bond donors (Lipinski definition) is 1. The van der Waals surface area contributed by atoms with Crippen molar-refractivity contribution >= 4 is 22.6 Å². The molecular weight excluding hydrogens is 513 g/mol. The maximum atomic E-state index is 14.2. The molecule has 9 nitrogen and oxygen atoms in total. The summed E-state index contributed by atoms with van der Waals surface area (Å²) < 4.78 is 27.7. The van der Waals surface area contributed by atoms with E-state index in [4.69, 9.17) is 19.7 Å². The number of carboxylic acid groups (broad SMARTS) is 1. The molecule has 202 valence electrons. The second-order valence-electron chi connectivity index (χ2n) is 9.90. The highest BCUT2D eigenvalue weighted by atomic mass is 19.1. The summed E-state index contributed by atoms with van der Waals surface area (Å²) in [5, 5.41) is 18.4. The van der Waals surface area contributed by atoms with Gasteiger partial charge in [0.25, 0.3) is 0 Å². The number of halogens is 1. The van der Waals surface area contributed by atoms with Crippen LogP contribution in [0.4, 0.5) is 4.39 Å². The molecule has 1 saturated heterocycles. The Hall–Kier alpha value is -4.59. The van der Waals surface area contributed by atoms with E-state index in [1.807, 2.05) is 18.2 Å². The number of rotatable bonds is 9. The van der Waals surface area contributed by atoms with Gasteiger partial charge in [-0.05, 0) is 48.4 Å². The molecule has 2 aromatic carbocycles. The Balaban J connectivity index is 1.15. The Morgan fingerprint density at radius 2 is 2.08 bits per heavy atom. The molecule has 40 heavy (non-hydrogen) atoms. The molecule has 0 aliphatic carbocycles. The van der Waals surface area contributed by atoms with Crippen LogP contribution in [0.5, 0.6) is 5.88 Å². The number of aromatic nitrogens is 3. The van der Waals surface area contributed by atoms with Crippen molar-refractivity contribution in [2.75, 3.05) is 19.7 Å². The van der Waals surface area contributed by atoms with Gasteiger partial charge < -0.3 is 19.1 Å². The molecule has 0 saturated carbocycles. The zero-order valence-corrected chi connectivity index (χ0v) is 21.6. The summed E-state index contributed by atoms with van der Waals surface area (Å²) in [7, 11) is 0. The smallest absolute Gasteiger partial charge is 0.335 e. The number of fused-ring (bicyclic) bond motifs is 1. The number of aromatic carboxylic acids is 1. The predicted octanol–water partition coefficient (Wildman–Crippen LogP) is 4.41. The lowest BCUT2D eigenvalue weighted by Crippen LogP contribution is -2.32. The lowest BCUT2D eigenvalue weighted by molar-refractivity contribution is -0.0591. The second-order valence-corrected chi connectivity index (χ2v) is 9.90. The summed E-state index contributed by atoms with van der Waals surface area (Å²) >= 11 is 0. The molecule has 1 atom stereocenters. The maximum Gasteiger partial charge on any atom is 0.335 e. The third-order valence-electron chi connectivity index (χ3n) is 7.22. The third-order valence-corrected chi connectivity index (χ3v) is 7.22. The number of benzene rings is 2. The fraction of sp³-hybridized carbons (Fsp3) is 0.267. The van der Waals surface area contributed by atoms with Crippen molar-refractivity contribution in [3.05, 3.63) is 94.7 Å². The second kappa shape index (κ2) is 10.9. The SMILES string of the molecule is N#Cc1ccc(COc2cccc(C3=CCN(Cc4nc5ccc(C(=O)O)cc5n4C[C@@H]4CCO4)C3)n2)c(F)c1. The number of ether oxygens (including phenoxy) is 2. The van der Waals surface area contributed by atoms with Crippen molar-refractivity contribution in [3.8, 4) is 11.9 Å². The summed E-state index contributed by atoms with van der Waals surface area (Å²) in [6.45, 7) is 3.32. The van der Waals surface area contributed by atoms with Crippen LogP contribution in [0.25, 0.3) is 16.6 Å². The van der Waals surface area contributed by atoms with Crippen molar-refractivity contribution in [2.45, 2.75) is 32.2 Å². The molecule has 0 bridgehead atoms. The fourth-order valence-corrected chi connectivity index (χ4v) is 4.94. The Bertz CT molecular complexity index is 1670. The highest BCUT2D eigenvalue weighted by Gasteiger charge is 2.25. The van der Waals surface area contributed by atoms with Crippen LogP contribution in [0.15, 0.2) is 60.7 Å². The highest BCUT2D eigenvalue weighted by molar-refractivity contribution is 5.92. The summed E-state index contributed by atoms with van der Waals surface area (Å²) in [6, 6.07) is 16.7. The van der Waals surface area contributed by atoms with Gasteiger partial charge in [0.1, 0.15) is 18.2 Å². The number of carboxylic acids is 1. The zero-order chi connectivity index (χ0) is 27.6. The van der Waals surface area contributed by atoms with Crippen LogP contribution in [0.1, 0.15) is 39.4 Å². The van der Waals surface area contributed by atoms with Crippen LogP contribution in [0.3, 0.4) is 0 Å². The Kier molecular flexibility index (Phi) is 6.99. The van der Waals surface area contributed by atoms with Crippen molar-refractivity contribution in [1.82, 2.24) is 19.4 Å². The van der Waals surface area contributed by atoms with Gasteiger partial charge in [0.15, 0.2) is 0 Å². The molecule has 1 N–H and O–H groups in total. The van der Waals surface area contributed by atoms with Gasteiger partial charge in [-0.25, -0.2) is 19.2 Å². The van der Waals surface area contributed by atoms with E-state index in [0.29, 0.717) is 37.6 Å². The van der Waals surface area contributed by atoms with E-state index in [1.165, 1.54) is 6.07 Å². The largest absolute Gasteiger partial charge is 0.478 e. The van der Waals surface area contributed by atoms with Crippen LogP contribution in [0.2, 0.25) is 0 Å². The third kappa shape index (κ3) is 5.30. The molecule has 4 heterocycles. The van der Waals surface area contributed by atoms with Gasteiger partial charge in [-0.2, -0.15) is 5.26 Å². The number of nitrogens with zero attached hydrogens (tertiary/aromatic N) is 5. The number of hydrogen-bond acceptors (Lipinski definition) is 7. The first kappa shape index (κ1) is 25.7. The normalized spacial score (nSPS) is 16.9. The summed E-state index contributed by atoms with van der Waals surface area (Å²) in [4.78, 5) is 23.3. The van der Waals surface area contributed by atoms with Crippen LogP contribution in [-0.4, -0.2) is 56.3 Å². The number of pyridine rings is 1. The molecule has 2 aliphatic rings. The molecule has 2 aromatic heterocycles. The van der Waals surface area contributed by atoms with Gasteiger partial charge >= 0.3 is 5.97 Å². The lowest BCUT2D eigenvalue weighted by atomic mass is 10.1. The van der Waals surface area contributed by atoms with Gasteiger partial charge in [0.2, 0.25) is 5.88 Å². The molecule has 0 radical (unpaired) electrons. The highest BCUT2D eigenvalue weighted by Crippen LogP contribution is 2.26. The van der Waals surface area contributed by atoms with Gasteiger partial charge in [-0.3, -0.25) is 4.90 Å². The average molecular weight is 540 g/mol. The molecule has 6 rings (SSSR count). The Labute approximate surface area is 229 Å². The van der Waals surface area contributed by atoms with Crippen molar-refractivity contribution in [2.24, 2.45) is 0 Å². The maximum absolute atomic E-state index is 14.2. The minimum absolute atomic E-state index is 0.00366. The van der Waals surface area contributed by atoms with Gasteiger partial charge in [-0.15, -0.1) is 0 Å². The van der Waals surface area contributed by atoms with Gasteiger partial charge in [-0.1, -0.05) is 18.2 Å². The quantitative estimate of drug-likeness (QED) is 0.333. The van der Waals surface area contributed by atoms with Crippen molar-refractivity contribution in [3.63, 3.8) is 0 Å². The first-order valence-electron chi connectivity index (χ1n) is 13.0. The standard InChI is InChI=1S/C30H26FN5O4/c31-24-12-19(14-32)4-5-22(24)18-40-29-3-1-2-25(34-29)21-8-10-35(15-21)17-28-33-26-7-6-20(30(37)38)13-27(26)36(28)16-23-9-11-39-23/h1-8,12-13,23H,9-11,15-18H2,(H,37,38)/t23-/m0/s1. The topological polar surface area (TPSA) is 114 Å². The molecule has 0 unspecified atom stereocenters. The summed E-state index contributed by atoms with van der Waals surface area (Å²) in [5.74, 6) is -0.210. The molecule has 2 aliphatic heterocycles. The van der Waals surface area contributed by atoms with Gasteiger partial charge in [0.05, 0.1) is 53.1 Å². The summed E-state index contributed by atoms with van der Waals surface area (Å²) in [5.41, 5.74) is 4.23. The van der Waals surface area contributed by atoms with E-state index >= 15 is 0 Å². The Morgan fingerprint density at radius 3 is 2.83 bits per heavy atom. The van der Waals surface area contributed by atoms with E-state index < -0.39 is 11.8 Å². The number of carbonyl (C=O) groups is 1. The number of nitriles is 1. The zero-order valence-electron chi connectivity index (χ0n) is 21.6. The minimum Gasteiger partial charge on any atom is -0.478 e. The van der Waals surface area contributed by atoms with E-state index in [9.17, 15) is 14.3 Å². The average Bonchev–Trinajstić information content (AvgIpc) is 3.54. The van der Waals surface area contributed by atoms with E-state index in [2.05, 4.69) is 20.5 Å². The van der Waals surface area contributed by atoms with Crippen molar-refractivity contribution in [1.29, 1.82) is 5.26 Å². The summed E-state index contributed by atoms with van der Waals surface area (Å²) in [6.07, 6.45) is 3.19. The molecule has 10 heteroatoms. The molecule has 0 amide bonds. The first-order valence-corrected chi connectivity index (χ1v) is 13.0. The molecule has 4 aromatic rings. The van der Waals surface area contributed by atoms with Crippen molar-refractivity contribution < 1.29 is 23.8 Å². The number of imidazole rings is 1. The van der Waals surface area contributed by atoms with E-state index in [1.54, 1.807) is 36.4 Å². The minimum atomic E-state index is -0.967. The lowest BCUT2D eigenvalue weighted by Gasteiger charge is -2.28. The molecule has 0 spiro atoms. The van der Waals surface area contributed by atoms with E-state index in [0.717, 1.165) is 41.2 Å². The molecule has 1 fully saturated rings. The van der Waals surface area contributed by atoms with E-state index in [-0.39, 0.29) is 23.8 Å². The van der Waals surface area contributed by atoms with Crippen LogP contribution in [-0.2, 0) is 24.4 Å².